The molecular weight excluding hydrogens is 364 g/mol. The van der Waals surface area contributed by atoms with E-state index in [1.165, 1.54) is 4.90 Å². The number of hydrogen-bond acceptors (Lipinski definition) is 4. The second-order valence-electron chi connectivity index (χ2n) is 7.11. The second-order valence-corrected chi connectivity index (χ2v) is 7.73. The Kier molecular flexibility index (Phi) is 7.71. The molecule has 2 N–H and O–H groups in total. The highest BCUT2D eigenvalue weighted by Gasteiger charge is 2.39. The molecule has 0 radical (unpaired) electrons. The number of carboxylic acids is 1. The lowest BCUT2D eigenvalue weighted by atomic mass is 9.97. The van der Waals surface area contributed by atoms with Crippen LogP contribution < -0.4 is 5.32 Å². The van der Waals surface area contributed by atoms with E-state index in [0.717, 1.165) is 5.56 Å². The largest absolute Gasteiger partial charge is 0.480 e. The number of thiol groups is 1. The van der Waals surface area contributed by atoms with Gasteiger partial charge in [0.15, 0.2) is 0 Å². The average molecular weight is 393 g/mol. The molecule has 1 unspecified atom stereocenters. The van der Waals surface area contributed by atoms with Crippen LogP contribution in [0.15, 0.2) is 30.3 Å². The molecule has 1 aromatic carbocycles. The van der Waals surface area contributed by atoms with Gasteiger partial charge in [0.25, 0.3) is 0 Å². The van der Waals surface area contributed by atoms with Crippen molar-refractivity contribution >= 4 is 30.4 Å². The molecular formula is C20H28N2O4S. The third-order valence-corrected chi connectivity index (χ3v) is 5.59. The van der Waals surface area contributed by atoms with E-state index in [1.54, 1.807) is 0 Å². The Bertz CT molecular complexity index is 667. The highest BCUT2D eigenvalue weighted by molar-refractivity contribution is 7.81. The molecule has 0 bridgehead atoms. The smallest absolute Gasteiger partial charge is 0.326 e. The fourth-order valence-electron chi connectivity index (χ4n) is 3.33. The zero-order chi connectivity index (χ0) is 20.0. The Morgan fingerprint density at radius 3 is 2.56 bits per heavy atom. The number of nitrogens with one attached hydrogen (secondary N) is 1. The summed E-state index contributed by atoms with van der Waals surface area (Å²) in [4.78, 5) is 38.5. The van der Waals surface area contributed by atoms with Gasteiger partial charge in [-0.3, -0.25) is 9.59 Å². The minimum absolute atomic E-state index is 0.103. The molecule has 2 rings (SSSR count). The van der Waals surface area contributed by atoms with Gasteiger partial charge in [-0.1, -0.05) is 50.6 Å². The van der Waals surface area contributed by atoms with Crippen LogP contribution in [0.1, 0.15) is 38.7 Å². The summed E-state index contributed by atoms with van der Waals surface area (Å²) in [7, 11) is 0. The van der Waals surface area contributed by atoms with Gasteiger partial charge in [0.1, 0.15) is 12.1 Å². The number of nitrogens with zero attached hydrogens (tertiary/aromatic N) is 1. The van der Waals surface area contributed by atoms with Crippen LogP contribution in [-0.2, 0) is 20.8 Å². The molecule has 1 heterocycles. The summed E-state index contributed by atoms with van der Waals surface area (Å²) in [5.41, 5.74) is 0.990. The van der Waals surface area contributed by atoms with E-state index in [4.69, 9.17) is 0 Å². The minimum atomic E-state index is -0.994. The monoisotopic (exact) mass is 392 g/mol. The number of hydrogen-bond donors (Lipinski definition) is 3. The molecule has 1 fully saturated rings. The molecule has 4 atom stereocenters. The molecule has 148 valence electrons. The van der Waals surface area contributed by atoms with Crippen molar-refractivity contribution in [2.75, 3.05) is 6.54 Å². The van der Waals surface area contributed by atoms with Gasteiger partial charge >= 0.3 is 5.97 Å². The van der Waals surface area contributed by atoms with E-state index < -0.39 is 23.3 Å². The van der Waals surface area contributed by atoms with Crippen LogP contribution in [0.25, 0.3) is 0 Å². The van der Waals surface area contributed by atoms with Crippen molar-refractivity contribution in [3.05, 3.63) is 35.9 Å². The summed E-state index contributed by atoms with van der Waals surface area (Å²) >= 11 is 4.41. The summed E-state index contributed by atoms with van der Waals surface area (Å²) in [6.45, 7) is 4.24. The minimum Gasteiger partial charge on any atom is -0.480 e. The summed E-state index contributed by atoms with van der Waals surface area (Å²) in [5.74, 6) is -1.73. The normalized spacial score (nSPS) is 20.0. The fourth-order valence-corrected chi connectivity index (χ4v) is 3.61. The number of carbonyl (C=O) groups excluding carboxylic acids is 2. The predicted molar refractivity (Wildman–Crippen MR) is 107 cm³/mol. The van der Waals surface area contributed by atoms with Crippen molar-refractivity contribution in [1.82, 2.24) is 10.2 Å². The average Bonchev–Trinajstić information content (AvgIpc) is 3.15. The van der Waals surface area contributed by atoms with Gasteiger partial charge in [-0.05, 0) is 30.7 Å². The maximum atomic E-state index is 13.0. The molecule has 1 saturated heterocycles. The maximum absolute atomic E-state index is 13.0. The molecule has 1 aliphatic rings. The number of amides is 2. The van der Waals surface area contributed by atoms with Gasteiger partial charge in [0.2, 0.25) is 11.8 Å². The van der Waals surface area contributed by atoms with Crippen LogP contribution in [0.5, 0.6) is 0 Å². The molecule has 0 aromatic heterocycles. The van der Waals surface area contributed by atoms with Crippen LogP contribution in [0, 0.1) is 5.92 Å². The van der Waals surface area contributed by atoms with E-state index >= 15 is 0 Å². The van der Waals surface area contributed by atoms with Crippen LogP contribution in [-0.4, -0.2) is 51.7 Å². The lowest BCUT2D eigenvalue weighted by molar-refractivity contribution is -0.150. The van der Waals surface area contributed by atoms with Crippen LogP contribution in [0.3, 0.4) is 0 Å². The first-order chi connectivity index (χ1) is 12.8. The van der Waals surface area contributed by atoms with Gasteiger partial charge < -0.3 is 15.3 Å². The third-order valence-electron chi connectivity index (χ3n) is 5.17. The first-order valence-corrected chi connectivity index (χ1v) is 9.92. The van der Waals surface area contributed by atoms with Gasteiger partial charge in [-0.25, -0.2) is 4.79 Å². The highest BCUT2D eigenvalue weighted by atomic mass is 32.1. The van der Waals surface area contributed by atoms with Crippen molar-refractivity contribution in [2.24, 2.45) is 5.92 Å². The van der Waals surface area contributed by atoms with E-state index in [1.807, 2.05) is 44.2 Å². The number of carboxylic acid groups (broad SMARTS) is 1. The highest BCUT2D eigenvalue weighted by Crippen LogP contribution is 2.21. The number of likely N-dealkylation sites (tertiary alicyclic amines) is 1. The van der Waals surface area contributed by atoms with Crippen molar-refractivity contribution in [1.29, 1.82) is 0 Å². The maximum Gasteiger partial charge on any atom is 0.326 e. The Morgan fingerprint density at radius 1 is 1.30 bits per heavy atom. The molecule has 1 aromatic rings. The summed E-state index contributed by atoms with van der Waals surface area (Å²) in [6, 6.07) is 8.01. The van der Waals surface area contributed by atoms with Crippen LogP contribution >= 0.6 is 12.6 Å². The Labute approximate surface area is 165 Å². The molecule has 27 heavy (non-hydrogen) atoms. The number of aliphatic carboxylic acids is 1. The van der Waals surface area contributed by atoms with Crippen LogP contribution in [0.4, 0.5) is 0 Å². The van der Waals surface area contributed by atoms with E-state index in [-0.39, 0.29) is 17.7 Å². The zero-order valence-corrected chi connectivity index (χ0v) is 16.7. The fraction of sp³-hybridized carbons (Fsp3) is 0.550. The number of rotatable bonds is 8. The van der Waals surface area contributed by atoms with E-state index in [0.29, 0.717) is 32.2 Å². The lowest BCUT2D eigenvalue weighted by Gasteiger charge is -2.31. The van der Waals surface area contributed by atoms with Crippen molar-refractivity contribution in [3.63, 3.8) is 0 Å². The number of carbonyl (C=O) groups is 3. The topological polar surface area (TPSA) is 86.7 Å². The van der Waals surface area contributed by atoms with Gasteiger partial charge in [0, 0.05) is 6.54 Å². The van der Waals surface area contributed by atoms with Crippen molar-refractivity contribution < 1.29 is 19.5 Å². The lowest BCUT2D eigenvalue weighted by Crippen LogP contribution is -2.55. The summed E-state index contributed by atoms with van der Waals surface area (Å²) in [6.07, 6.45) is 2.26. The van der Waals surface area contributed by atoms with E-state index in [2.05, 4.69) is 17.9 Å². The van der Waals surface area contributed by atoms with Gasteiger partial charge in [-0.15, -0.1) is 0 Å². The first-order valence-electron chi connectivity index (χ1n) is 9.40. The predicted octanol–water partition coefficient (Wildman–Crippen LogP) is 2.13. The van der Waals surface area contributed by atoms with E-state index in [9.17, 15) is 19.5 Å². The van der Waals surface area contributed by atoms with Crippen LogP contribution in [0.2, 0.25) is 0 Å². The second kappa shape index (κ2) is 9.78. The summed E-state index contributed by atoms with van der Waals surface area (Å²) < 4.78 is 0. The quantitative estimate of drug-likeness (QED) is 0.592. The van der Waals surface area contributed by atoms with Gasteiger partial charge in [0.05, 0.1) is 5.25 Å². The Hall–Kier alpha value is -2.02. The van der Waals surface area contributed by atoms with Crippen molar-refractivity contribution in [3.8, 4) is 0 Å². The zero-order valence-electron chi connectivity index (χ0n) is 15.8. The molecule has 1 aliphatic heterocycles. The molecule has 7 heteroatoms. The molecule has 0 aliphatic carbocycles. The molecule has 0 spiro atoms. The third kappa shape index (κ3) is 5.48. The van der Waals surface area contributed by atoms with Crippen molar-refractivity contribution in [2.45, 2.75) is 56.9 Å². The number of benzene rings is 1. The standard InChI is InChI=1S/C20H28N2O4S/c1-3-13(2)17(19(24)22-11-7-10-15(22)20(25)26)21-18(23)16(27)12-14-8-5-4-6-9-14/h4-6,8-9,13,15-17,27H,3,7,10-12H2,1-2H3,(H,21,23)(H,25,26)/t13-,15?,16+,17+/m1/s1. The molecule has 6 nitrogen and oxygen atoms in total. The SMILES string of the molecule is CC[C@@H](C)[C@H](NC(=O)[C@@H](S)Cc1ccccc1)C(=O)N1CCCC1C(=O)O. The Morgan fingerprint density at radius 2 is 1.96 bits per heavy atom. The summed E-state index contributed by atoms with van der Waals surface area (Å²) in [5, 5.41) is 11.6. The first kappa shape index (κ1) is 21.3. The molecule has 0 saturated carbocycles. The Balaban J connectivity index is 2.08. The molecule has 2 amide bonds. The van der Waals surface area contributed by atoms with Gasteiger partial charge in [-0.2, -0.15) is 12.6 Å².